The fraction of sp³-hybridized carbons (Fsp3) is 0.529. The minimum atomic E-state index is -0.492. The van der Waals surface area contributed by atoms with Crippen LogP contribution in [0.25, 0.3) is 0 Å². The Kier molecular flexibility index (Phi) is 5.41. The van der Waals surface area contributed by atoms with Crippen LogP contribution in [0.4, 0.5) is 0 Å². The van der Waals surface area contributed by atoms with Crippen molar-refractivity contribution in [3.8, 4) is 5.75 Å². The summed E-state index contributed by atoms with van der Waals surface area (Å²) in [5.41, 5.74) is 0.411. The van der Waals surface area contributed by atoms with Crippen molar-refractivity contribution >= 4 is 11.9 Å². The molecule has 0 N–H and O–H groups in total. The Hall–Kier alpha value is -2.04. The smallest absolute Gasteiger partial charge is 0.338 e. The molecule has 1 amide bonds. The quantitative estimate of drug-likeness (QED) is 0.803. The van der Waals surface area contributed by atoms with Crippen LogP contribution < -0.4 is 4.74 Å². The number of piperidine rings is 1. The molecule has 22 heavy (non-hydrogen) atoms. The van der Waals surface area contributed by atoms with Crippen molar-refractivity contribution in [2.75, 3.05) is 13.7 Å². The average molecular weight is 305 g/mol. The third-order valence-corrected chi connectivity index (χ3v) is 4.13. The summed E-state index contributed by atoms with van der Waals surface area (Å²) >= 11 is 0. The van der Waals surface area contributed by atoms with Crippen LogP contribution in [-0.4, -0.2) is 42.6 Å². The summed E-state index contributed by atoms with van der Waals surface area (Å²) in [5, 5.41) is 0. The lowest BCUT2D eigenvalue weighted by atomic mass is 9.97. The maximum atomic E-state index is 12.3. The van der Waals surface area contributed by atoms with Crippen molar-refractivity contribution in [3.63, 3.8) is 0 Å². The number of amides is 1. The number of benzene rings is 1. The zero-order valence-corrected chi connectivity index (χ0v) is 13.4. The molecule has 1 aromatic rings. The molecular formula is C17H23NO4. The summed E-state index contributed by atoms with van der Waals surface area (Å²) in [4.78, 5) is 26.1. The summed E-state index contributed by atoms with van der Waals surface area (Å²) in [6, 6.07) is 7.03. The summed E-state index contributed by atoms with van der Waals surface area (Å²) in [7, 11) is 1.56. The van der Waals surface area contributed by atoms with Crippen molar-refractivity contribution < 1.29 is 19.1 Å². The normalized spacial score (nSPS) is 21.3. The Morgan fingerprint density at radius 2 is 1.73 bits per heavy atom. The Morgan fingerprint density at radius 1 is 1.14 bits per heavy atom. The van der Waals surface area contributed by atoms with Gasteiger partial charge in [-0.05, 0) is 57.4 Å². The second-order valence-corrected chi connectivity index (χ2v) is 5.73. The first-order valence-corrected chi connectivity index (χ1v) is 7.65. The van der Waals surface area contributed by atoms with Gasteiger partial charge in [-0.15, -0.1) is 0 Å². The zero-order valence-electron chi connectivity index (χ0n) is 13.4. The van der Waals surface area contributed by atoms with Gasteiger partial charge in [-0.3, -0.25) is 4.79 Å². The van der Waals surface area contributed by atoms with Gasteiger partial charge in [0.25, 0.3) is 5.91 Å². The van der Waals surface area contributed by atoms with Gasteiger partial charge in [-0.25, -0.2) is 4.79 Å². The fourth-order valence-electron chi connectivity index (χ4n) is 2.93. The molecule has 5 heteroatoms. The number of methoxy groups -OCH3 is 1. The molecule has 0 bridgehead atoms. The minimum absolute atomic E-state index is 0.124. The second kappa shape index (κ2) is 7.29. The van der Waals surface area contributed by atoms with Gasteiger partial charge in [-0.1, -0.05) is 0 Å². The Balaban J connectivity index is 1.90. The van der Waals surface area contributed by atoms with Crippen molar-refractivity contribution in [2.24, 2.45) is 0 Å². The fourth-order valence-corrected chi connectivity index (χ4v) is 2.93. The van der Waals surface area contributed by atoms with E-state index in [0.717, 1.165) is 19.3 Å². The van der Waals surface area contributed by atoms with Crippen molar-refractivity contribution in [1.29, 1.82) is 0 Å². The van der Waals surface area contributed by atoms with E-state index in [4.69, 9.17) is 9.47 Å². The maximum absolute atomic E-state index is 12.3. The van der Waals surface area contributed by atoms with Gasteiger partial charge in [0.2, 0.25) is 0 Å². The van der Waals surface area contributed by atoms with Crippen molar-refractivity contribution in [3.05, 3.63) is 29.8 Å². The van der Waals surface area contributed by atoms with Crippen molar-refractivity contribution in [2.45, 2.75) is 45.2 Å². The molecule has 1 aliphatic heterocycles. The molecule has 120 valence electrons. The Morgan fingerprint density at radius 3 is 2.27 bits per heavy atom. The molecule has 1 heterocycles. The van der Waals surface area contributed by atoms with Crippen LogP contribution in [0.15, 0.2) is 24.3 Å². The number of nitrogens with zero attached hydrogens (tertiary/aromatic N) is 1. The third kappa shape index (κ3) is 3.78. The Labute approximate surface area is 131 Å². The highest BCUT2D eigenvalue weighted by molar-refractivity contribution is 5.91. The standard InChI is InChI=1S/C17H23NO4/c1-12-5-4-6-13(2)18(12)16(19)11-22-17(20)14-7-9-15(21-3)10-8-14/h7-10,12-13H,4-6,11H2,1-3H3. The predicted molar refractivity (Wildman–Crippen MR) is 82.9 cm³/mol. The molecule has 2 rings (SSSR count). The number of rotatable bonds is 4. The van der Waals surface area contributed by atoms with Crippen LogP contribution in [0.5, 0.6) is 5.75 Å². The van der Waals surface area contributed by atoms with Crippen LogP contribution in [0.1, 0.15) is 43.5 Å². The van der Waals surface area contributed by atoms with Crippen LogP contribution in [0, 0.1) is 0 Å². The lowest BCUT2D eigenvalue weighted by molar-refractivity contribution is -0.140. The van der Waals surface area contributed by atoms with Crippen LogP contribution >= 0.6 is 0 Å². The molecule has 1 aliphatic rings. The first-order chi connectivity index (χ1) is 10.5. The highest BCUT2D eigenvalue weighted by atomic mass is 16.5. The van der Waals surface area contributed by atoms with E-state index in [1.54, 1.807) is 31.4 Å². The maximum Gasteiger partial charge on any atom is 0.338 e. The number of likely N-dealkylation sites (tertiary alicyclic amines) is 1. The summed E-state index contributed by atoms with van der Waals surface area (Å²) in [6.07, 6.45) is 3.14. The molecule has 1 fully saturated rings. The molecule has 0 spiro atoms. The first kappa shape index (κ1) is 16.3. The zero-order chi connectivity index (χ0) is 16.1. The van der Waals surface area contributed by atoms with Gasteiger partial charge in [-0.2, -0.15) is 0 Å². The van der Waals surface area contributed by atoms with E-state index in [0.29, 0.717) is 11.3 Å². The van der Waals surface area contributed by atoms with Gasteiger partial charge >= 0.3 is 5.97 Å². The molecule has 2 atom stereocenters. The minimum Gasteiger partial charge on any atom is -0.497 e. The summed E-state index contributed by atoms with van der Waals surface area (Å²) < 4.78 is 10.2. The molecule has 0 aliphatic carbocycles. The third-order valence-electron chi connectivity index (χ3n) is 4.13. The monoisotopic (exact) mass is 305 g/mol. The molecule has 5 nitrogen and oxygen atoms in total. The highest BCUT2D eigenvalue weighted by Crippen LogP contribution is 2.22. The topological polar surface area (TPSA) is 55.8 Å². The van der Waals surface area contributed by atoms with Gasteiger partial charge in [0.15, 0.2) is 6.61 Å². The van der Waals surface area contributed by atoms with E-state index < -0.39 is 5.97 Å². The van der Waals surface area contributed by atoms with Crippen LogP contribution in [-0.2, 0) is 9.53 Å². The van der Waals surface area contributed by atoms with Crippen LogP contribution in [0.2, 0.25) is 0 Å². The summed E-state index contributed by atoms with van der Waals surface area (Å²) in [5.74, 6) is 0.0541. The molecule has 0 radical (unpaired) electrons. The lowest BCUT2D eigenvalue weighted by Gasteiger charge is -2.38. The molecule has 1 aromatic carbocycles. The molecular weight excluding hydrogens is 282 g/mol. The number of ether oxygens (including phenoxy) is 2. The number of hydrogen-bond donors (Lipinski definition) is 0. The SMILES string of the molecule is COc1ccc(C(=O)OCC(=O)N2C(C)CCCC2C)cc1. The van der Waals surface area contributed by atoms with E-state index in [-0.39, 0.29) is 24.6 Å². The van der Waals surface area contributed by atoms with Gasteiger partial charge in [0.05, 0.1) is 12.7 Å². The molecule has 2 unspecified atom stereocenters. The largest absolute Gasteiger partial charge is 0.497 e. The van der Waals surface area contributed by atoms with Gasteiger partial charge in [0.1, 0.15) is 5.75 Å². The van der Waals surface area contributed by atoms with E-state index in [1.165, 1.54) is 0 Å². The number of esters is 1. The van der Waals surface area contributed by atoms with Gasteiger partial charge in [0, 0.05) is 12.1 Å². The van der Waals surface area contributed by atoms with E-state index in [9.17, 15) is 9.59 Å². The molecule has 1 saturated heterocycles. The van der Waals surface area contributed by atoms with E-state index in [2.05, 4.69) is 0 Å². The Bertz CT molecular complexity index is 516. The average Bonchev–Trinajstić information content (AvgIpc) is 2.52. The number of carbonyl (C=O) groups excluding carboxylic acids is 2. The van der Waals surface area contributed by atoms with Gasteiger partial charge < -0.3 is 14.4 Å². The second-order valence-electron chi connectivity index (χ2n) is 5.73. The van der Waals surface area contributed by atoms with Crippen LogP contribution in [0.3, 0.4) is 0 Å². The summed E-state index contributed by atoms with van der Waals surface area (Å²) in [6.45, 7) is 3.87. The lowest BCUT2D eigenvalue weighted by Crippen LogP contribution is -2.49. The highest BCUT2D eigenvalue weighted by Gasteiger charge is 2.29. The van der Waals surface area contributed by atoms with E-state index in [1.807, 2.05) is 18.7 Å². The molecule has 0 saturated carbocycles. The predicted octanol–water partition coefficient (Wildman–Crippen LogP) is 2.64. The number of carbonyl (C=O) groups is 2. The number of hydrogen-bond acceptors (Lipinski definition) is 4. The van der Waals surface area contributed by atoms with Crippen molar-refractivity contribution in [1.82, 2.24) is 4.90 Å². The molecule has 0 aromatic heterocycles. The first-order valence-electron chi connectivity index (χ1n) is 7.65. The van der Waals surface area contributed by atoms with E-state index >= 15 is 0 Å².